The molecule has 1 aliphatic carbocycles. The second kappa shape index (κ2) is 5.44. The van der Waals surface area contributed by atoms with Crippen LogP contribution in [0.4, 0.5) is 0 Å². The number of nitrogens with zero attached hydrogens (tertiary/aromatic N) is 2. The normalized spacial score (nSPS) is 21.9. The Morgan fingerprint density at radius 3 is 3.00 bits per heavy atom. The van der Waals surface area contributed by atoms with E-state index in [1.54, 1.807) is 13.0 Å². The SMILES string of the molecule is Cc1cc(C(=O)NCC2CCC(O)C2)c2c(C)noc2n1. The van der Waals surface area contributed by atoms with Crippen LogP contribution in [0.1, 0.15) is 41.0 Å². The van der Waals surface area contributed by atoms with Crippen LogP contribution >= 0.6 is 0 Å². The van der Waals surface area contributed by atoms with Gasteiger partial charge in [-0.25, -0.2) is 4.98 Å². The molecule has 21 heavy (non-hydrogen) atoms. The molecule has 2 heterocycles. The Kier molecular flexibility index (Phi) is 3.63. The summed E-state index contributed by atoms with van der Waals surface area (Å²) in [7, 11) is 0. The molecule has 1 aliphatic rings. The van der Waals surface area contributed by atoms with Crippen LogP contribution in [0.15, 0.2) is 10.6 Å². The van der Waals surface area contributed by atoms with Crippen LogP contribution in [0.25, 0.3) is 11.1 Å². The highest BCUT2D eigenvalue weighted by atomic mass is 16.5. The van der Waals surface area contributed by atoms with Gasteiger partial charge in [0, 0.05) is 12.2 Å². The lowest BCUT2D eigenvalue weighted by molar-refractivity contribution is 0.0946. The number of fused-ring (bicyclic) bond motifs is 1. The summed E-state index contributed by atoms with van der Waals surface area (Å²) in [5.74, 6) is 0.212. The Balaban J connectivity index is 1.79. The van der Waals surface area contributed by atoms with Crippen LogP contribution in [0, 0.1) is 19.8 Å². The molecular weight excluding hydrogens is 270 g/mol. The van der Waals surface area contributed by atoms with E-state index in [-0.39, 0.29) is 12.0 Å². The van der Waals surface area contributed by atoms with Crippen LogP contribution in [-0.2, 0) is 0 Å². The van der Waals surface area contributed by atoms with E-state index in [9.17, 15) is 9.90 Å². The van der Waals surface area contributed by atoms with Crippen molar-refractivity contribution in [3.8, 4) is 0 Å². The molecule has 0 bridgehead atoms. The van der Waals surface area contributed by atoms with Gasteiger partial charge in [-0.15, -0.1) is 0 Å². The Morgan fingerprint density at radius 1 is 1.48 bits per heavy atom. The smallest absolute Gasteiger partial charge is 0.258 e. The number of hydrogen-bond donors (Lipinski definition) is 2. The summed E-state index contributed by atoms with van der Waals surface area (Å²) in [4.78, 5) is 16.7. The third kappa shape index (κ3) is 2.76. The minimum absolute atomic E-state index is 0.141. The first-order valence-corrected chi connectivity index (χ1v) is 7.24. The zero-order chi connectivity index (χ0) is 15.0. The topological polar surface area (TPSA) is 88.2 Å². The number of aliphatic hydroxyl groups is 1. The highest BCUT2D eigenvalue weighted by Crippen LogP contribution is 2.25. The fourth-order valence-corrected chi connectivity index (χ4v) is 2.96. The van der Waals surface area contributed by atoms with Gasteiger partial charge in [0.1, 0.15) is 0 Å². The third-order valence-corrected chi connectivity index (χ3v) is 4.05. The molecule has 2 N–H and O–H groups in total. The number of nitrogens with one attached hydrogen (secondary N) is 1. The van der Waals surface area contributed by atoms with E-state index < -0.39 is 0 Å². The van der Waals surface area contributed by atoms with Gasteiger partial charge in [0.2, 0.25) is 0 Å². The van der Waals surface area contributed by atoms with Crippen LogP contribution in [0.5, 0.6) is 0 Å². The molecule has 0 saturated heterocycles. The summed E-state index contributed by atoms with van der Waals surface area (Å²) in [5, 5.41) is 17.0. The molecular formula is C15H19N3O3. The van der Waals surface area contributed by atoms with Gasteiger partial charge in [0.25, 0.3) is 11.6 Å². The first-order valence-electron chi connectivity index (χ1n) is 7.24. The van der Waals surface area contributed by atoms with Crippen LogP contribution in [0.2, 0.25) is 0 Å². The summed E-state index contributed by atoms with van der Waals surface area (Å²) in [6.45, 7) is 4.21. The van der Waals surface area contributed by atoms with Crippen molar-refractivity contribution < 1.29 is 14.4 Å². The second-order valence-electron chi connectivity index (χ2n) is 5.80. The molecule has 1 amide bonds. The van der Waals surface area contributed by atoms with Gasteiger partial charge in [-0.05, 0) is 45.1 Å². The molecule has 1 saturated carbocycles. The van der Waals surface area contributed by atoms with Crippen molar-refractivity contribution in [2.75, 3.05) is 6.54 Å². The lowest BCUT2D eigenvalue weighted by Gasteiger charge is -2.11. The highest BCUT2D eigenvalue weighted by Gasteiger charge is 2.24. The molecule has 2 unspecified atom stereocenters. The monoisotopic (exact) mass is 289 g/mol. The van der Waals surface area contributed by atoms with Crippen LogP contribution in [0.3, 0.4) is 0 Å². The Hall–Kier alpha value is -1.95. The molecule has 2 atom stereocenters. The highest BCUT2D eigenvalue weighted by molar-refractivity contribution is 6.06. The van der Waals surface area contributed by atoms with E-state index in [1.165, 1.54) is 0 Å². The number of carbonyl (C=O) groups is 1. The number of pyridine rings is 1. The van der Waals surface area contributed by atoms with Crippen LogP contribution in [-0.4, -0.2) is 33.8 Å². The van der Waals surface area contributed by atoms with Crippen molar-refractivity contribution in [2.24, 2.45) is 5.92 Å². The van der Waals surface area contributed by atoms with Crippen molar-refractivity contribution in [2.45, 2.75) is 39.2 Å². The van der Waals surface area contributed by atoms with Crippen LogP contribution < -0.4 is 5.32 Å². The summed E-state index contributed by atoms with van der Waals surface area (Å²) >= 11 is 0. The summed E-state index contributed by atoms with van der Waals surface area (Å²) in [5.41, 5.74) is 2.34. The molecule has 0 aromatic carbocycles. The third-order valence-electron chi connectivity index (χ3n) is 4.05. The molecule has 1 fully saturated rings. The van der Waals surface area contributed by atoms with Gasteiger partial charge in [-0.2, -0.15) is 0 Å². The number of aromatic nitrogens is 2. The Morgan fingerprint density at radius 2 is 2.29 bits per heavy atom. The minimum Gasteiger partial charge on any atom is -0.393 e. The van der Waals surface area contributed by atoms with E-state index in [0.717, 1.165) is 25.0 Å². The van der Waals surface area contributed by atoms with Crippen molar-refractivity contribution in [1.29, 1.82) is 0 Å². The fourth-order valence-electron chi connectivity index (χ4n) is 2.96. The number of rotatable bonds is 3. The molecule has 0 spiro atoms. The molecule has 0 radical (unpaired) electrons. The van der Waals surface area contributed by atoms with Crippen molar-refractivity contribution in [3.05, 3.63) is 23.0 Å². The molecule has 2 aromatic heterocycles. The largest absolute Gasteiger partial charge is 0.393 e. The van der Waals surface area contributed by atoms with E-state index in [4.69, 9.17) is 4.52 Å². The Labute approximate surface area is 122 Å². The van der Waals surface area contributed by atoms with Crippen molar-refractivity contribution >= 4 is 17.0 Å². The van der Waals surface area contributed by atoms with E-state index in [1.807, 2.05) is 6.92 Å². The van der Waals surface area contributed by atoms with Gasteiger partial charge in [0.15, 0.2) is 0 Å². The predicted octanol–water partition coefficient (Wildman–Crippen LogP) is 1.73. The molecule has 112 valence electrons. The van der Waals surface area contributed by atoms with Gasteiger partial charge in [-0.1, -0.05) is 5.16 Å². The van der Waals surface area contributed by atoms with Gasteiger partial charge < -0.3 is 14.9 Å². The number of aryl methyl sites for hydroxylation is 2. The molecule has 0 aliphatic heterocycles. The summed E-state index contributed by atoms with van der Waals surface area (Å²) < 4.78 is 5.14. The molecule has 6 heteroatoms. The number of hydrogen-bond acceptors (Lipinski definition) is 5. The van der Waals surface area contributed by atoms with Crippen molar-refractivity contribution in [1.82, 2.24) is 15.5 Å². The standard InChI is InChI=1S/C15H19N3O3/c1-8-5-12(13-9(2)18-21-15(13)17-8)14(20)16-7-10-3-4-11(19)6-10/h5,10-11,19H,3-4,6-7H2,1-2H3,(H,16,20). The van der Waals surface area contributed by atoms with E-state index in [2.05, 4.69) is 15.5 Å². The zero-order valence-corrected chi connectivity index (χ0v) is 12.2. The predicted molar refractivity (Wildman–Crippen MR) is 77.0 cm³/mol. The first-order chi connectivity index (χ1) is 10.0. The number of carbonyl (C=O) groups excluding carboxylic acids is 1. The average molecular weight is 289 g/mol. The maximum atomic E-state index is 12.4. The average Bonchev–Trinajstić information content (AvgIpc) is 3.02. The van der Waals surface area contributed by atoms with Gasteiger partial charge >= 0.3 is 0 Å². The maximum absolute atomic E-state index is 12.4. The summed E-state index contributed by atoms with van der Waals surface area (Å²) in [6.07, 6.45) is 2.32. The minimum atomic E-state index is -0.220. The number of aliphatic hydroxyl groups excluding tert-OH is 1. The van der Waals surface area contributed by atoms with E-state index >= 15 is 0 Å². The van der Waals surface area contributed by atoms with Gasteiger partial charge in [0.05, 0.1) is 22.7 Å². The maximum Gasteiger partial charge on any atom is 0.258 e. The quantitative estimate of drug-likeness (QED) is 0.898. The lowest BCUT2D eigenvalue weighted by atomic mass is 10.1. The Bertz CT molecular complexity index is 680. The van der Waals surface area contributed by atoms with E-state index in [0.29, 0.717) is 34.8 Å². The van der Waals surface area contributed by atoms with Gasteiger partial charge in [-0.3, -0.25) is 4.79 Å². The molecule has 2 aromatic rings. The van der Waals surface area contributed by atoms with Crippen molar-refractivity contribution in [3.63, 3.8) is 0 Å². The lowest BCUT2D eigenvalue weighted by Crippen LogP contribution is -2.29. The second-order valence-corrected chi connectivity index (χ2v) is 5.80. The molecule has 3 rings (SSSR count). The number of amides is 1. The summed E-state index contributed by atoms with van der Waals surface area (Å²) in [6, 6.07) is 1.76. The fraction of sp³-hybridized carbons (Fsp3) is 0.533. The first kappa shape index (κ1) is 14.0. The molecule has 6 nitrogen and oxygen atoms in total. The zero-order valence-electron chi connectivity index (χ0n) is 12.2.